The molecular weight excluding hydrogens is 316 g/mol. The number of fused-ring (bicyclic) bond motifs is 1. The molecule has 2 aliphatic heterocycles. The smallest absolute Gasteiger partial charge is 0.407 e. The zero-order valence-corrected chi connectivity index (χ0v) is 14.5. The Labute approximate surface area is 138 Å². The molecule has 1 fully saturated rings. The van der Waals surface area contributed by atoms with Gasteiger partial charge in [-0.05, 0) is 39.7 Å². The molecule has 0 aromatic carbocycles. The topological polar surface area (TPSA) is 93.8 Å². The molecule has 23 heavy (non-hydrogen) atoms. The van der Waals surface area contributed by atoms with Crippen molar-refractivity contribution in [2.45, 2.75) is 44.9 Å². The van der Waals surface area contributed by atoms with Crippen molar-refractivity contribution in [3.63, 3.8) is 0 Å². The highest BCUT2D eigenvalue weighted by molar-refractivity contribution is 7.91. The molecule has 1 amide bonds. The summed E-state index contributed by atoms with van der Waals surface area (Å²) in [6, 6.07) is 1.90. The zero-order valence-electron chi connectivity index (χ0n) is 13.7. The van der Waals surface area contributed by atoms with Crippen LogP contribution in [0.25, 0.3) is 0 Å². The van der Waals surface area contributed by atoms with Gasteiger partial charge in [-0.15, -0.1) is 0 Å². The molecule has 0 saturated carbocycles. The standard InChI is InChI=1S/C15H22N4O3S/c1-14(2,3)23(22)17-12-11-4-7-16-19(11)10-15(12)5-8-18(9-6-15)13(20)21/h4,7H,5-6,8-10H2,1-3H3,(H,20,21)/b17-12+/t23-/m0/s1. The summed E-state index contributed by atoms with van der Waals surface area (Å²) in [7, 11) is 0. The molecule has 3 heterocycles. The second-order valence-corrected chi connectivity index (χ2v) is 9.13. The van der Waals surface area contributed by atoms with Gasteiger partial charge in [0.1, 0.15) is 21.8 Å². The summed E-state index contributed by atoms with van der Waals surface area (Å²) in [6.45, 7) is 7.34. The van der Waals surface area contributed by atoms with Crippen LogP contribution in [0.2, 0.25) is 0 Å². The third kappa shape index (κ3) is 2.85. The zero-order chi connectivity index (χ0) is 16.8. The summed E-state index contributed by atoms with van der Waals surface area (Å²) in [5.74, 6) is 0. The third-order valence-corrected chi connectivity index (χ3v) is 6.00. The number of carboxylic acid groups (broad SMARTS) is 1. The van der Waals surface area contributed by atoms with Gasteiger partial charge in [0.2, 0.25) is 0 Å². The number of likely N-dealkylation sites (tertiary alicyclic amines) is 1. The number of aromatic nitrogens is 2. The SMILES string of the molecule is CC(C)(C)[S@+]([O-])/N=C1\c2ccnn2CC12CCN(C(=O)O)CC2. The fourth-order valence-corrected chi connectivity index (χ4v) is 3.90. The number of piperidine rings is 1. The first kappa shape index (κ1) is 16.3. The van der Waals surface area contributed by atoms with Gasteiger partial charge in [0.25, 0.3) is 0 Å². The molecule has 0 radical (unpaired) electrons. The van der Waals surface area contributed by atoms with Gasteiger partial charge in [-0.1, -0.05) is 4.40 Å². The second kappa shape index (κ2) is 5.52. The molecule has 1 aromatic heterocycles. The van der Waals surface area contributed by atoms with Crippen molar-refractivity contribution in [2.24, 2.45) is 9.81 Å². The molecule has 0 bridgehead atoms. The lowest BCUT2D eigenvalue weighted by atomic mass is 9.75. The fraction of sp³-hybridized carbons (Fsp3) is 0.667. The molecule has 1 N–H and O–H groups in total. The average molecular weight is 338 g/mol. The van der Waals surface area contributed by atoms with E-state index in [4.69, 9.17) is 5.11 Å². The summed E-state index contributed by atoms with van der Waals surface area (Å²) < 4.78 is 18.6. The molecule has 126 valence electrons. The molecule has 1 aromatic rings. The van der Waals surface area contributed by atoms with Crippen LogP contribution < -0.4 is 0 Å². The Bertz CT molecular complexity index is 641. The quantitative estimate of drug-likeness (QED) is 0.791. The molecule has 3 rings (SSSR count). The Balaban J connectivity index is 1.93. The van der Waals surface area contributed by atoms with Crippen molar-refractivity contribution in [3.05, 3.63) is 18.0 Å². The van der Waals surface area contributed by atoms with Crippen molar-refractivity contribution in [3.8, 4) is 0 Å². The maximum absolute atomic E-state index is 12.5. The van der Waals surface area contributed by atoms with Gasteiger partial charge < -0.3 is 14.6 Å². The van der Waals surface area contributed by atoms with E-state index in [9.17, 15) is 9.35 Å². The average Bonchev–Trinajstić information content (AvgIpc) is 3.00. The van der Waals surface area contributed by atoms with Crippen LogP contribution in [0.5, 0.6) is 0 Å². The molecule has 2 aliphatic rings. The van der Waals surface area contributed by atoms with Gasteiger partial charge in [-0.2, -0.15) is 5.10 Å². The maximum atomic E-state index is 12.5. The van der Waals surface area contributed by atoms with E-state index in [1.807, 2.05) is 31.5 Å². The highest BCUT2D eigenvalue weighted by Gasteiger charge is 2.48. The van der Waals surface area contributed by atoms with Crippen molar-refractivity contribution >= 4 is 23.2 Å². The van der Waals surface area contributed by atoms with E-state index < -0.39 is 22.2 Å². The molecular formula is C15H22N4O3S. The summed E-state index contributed by atoms with van der Waals surface area (Å²) in [4.78, 5) is 12.6. The Morgan fingerprint density at radius 1 is 1.43 bits per heavy atom. The Kier molecular flexibility index (Phi) is 3.92. The molecule has 7 nitrogen and oxygen atoms in total. The van der Waals surface area contributed by atoms with Crippen molar-refractivity contribution in [2.75, 3.05) is 13.1 Å². The van der Waals surface area contributed by atoms with Crippen LogP contribution in [0.4, 0.5) is 4.79 Å². The van der Waals surface area contributed by atoms with Gasteiger partial charge in [0.15, 0.2) is 0 Å². The molecule has 0 aliphatic carbocycles. The number of rotatable bonds is 1. The number of hydrogen-bond acceptors (Lipinski definition) is 4. The minimum Gasteiger partial charge on any atom is -0.591 e. The van der Waals surface area contributed by atoms with Gasteiger partial charge in [0.05, 0.1) is 12.2 Å². The van der Waals surface area contributed by atoms with Crippen LogP contribution >= 0.6 is 0 Å². The first-order chi connectivity index (χ1) is 10.7. The van der Waals surface area contributed by atoms with Crippen LogP contribution in [-0.4, -0.2) is 54.0 Å². The van der Waals surface area contributed by atoms with Crippen LogP contribution in [0.1, 0.15) is 39.3 Å². The van der Waals surface area contributed by atoms with Gasteiger partial charge in [0, 0.05) is 24.7 Å². The van der Waals surface area contributed by atoms with E-state index in [-0.39, 0.29) is 5.41 Å². The molecule has 8 heteroatoms. The minimum atomic E-state index is -1.35. The number of amides is 1. The number of hydrogen-bond donors (Lipinski definition) is 1. The van der Waals surface area contributed by atoms with Crippen LogP contribution in [0, 0.1) is 5.41 Å². The van der Waals surface area contributed by atoms with Crippen LogP contribution in [0.15, 0.2) is 16.7 Å². The molecule has 1 atom stereocenters. The van der Waals surface area contributed by atoms with Gasteiger partial charge >= 0.3 is 6.09 Å². The highest BCUT2D eigenvalue weighted by atomic mass is 32.2. The highest BCUT2D eigenvalue weighted by Crippen LogP contribution is 2.42. The summed E-state index contributed by atoms with van der Waals surface area (Å²) >= 11 is -1.35. The largest absolute Gasteiger partial charge is 0.591 e. The lowest BCUT2D eigenvalue weighted by molar-refractivity contribution is 0.110. The van der Waals surface area contributed by atoms with Gasteiger partial charge in [-0.25, -0.2) is 4.79 Å². The summed E-state index contributed by atoms with van der Waals surface area (Å²) in [5.41, 5.74) is 1.48. The van der Waals surface area contributed by atoms with Gasteiger partial charge in [-0.3, -0.25) is 4.68 Å². The minimum absolute atomic E-state index is 0.254. The Hall–Kier alpha value is -1.54. The van der Waals surface area contributed by atoms with E-state index in [1.165, 1.54) is 4.90 Å². The van der Waals surface area contributed by atoms with Crippen molar-refractivity contribution in [1.29, 1.82) is 0 Å². The van der Waals surface area contributed by atoms with Crippen LogP contribution in [0.3, 0.4) is 0 Å². The summed E-state index contributed by atoms with van der Waals surface area (Å²) in [6.07, 6.45) is 2.21. The Morgan fingerprint density at radius 2 is 2.09 bits per heavy atom. The van der Waals surface area contributed by atoms with Crippen LogP contribution in [-0.2, 0) is 17.9 Å². The molecule has 1 saturated heterocycles. The first-order valence-electron chi connectivity index (χ1n) is 7.74. The Morgan fingerprint density at radius 3 is 2.65 bits per heavy atom. The monoisotopic (exact) mass is 338 g/mol. The van der Waals surface area contributed by atoms with E-state index in [2.05, 4.69) is 9.50 Å². The van der Waals surface area contributed by atoms with Crippen molar-refractivity contribution < 1.29 is 14.5 Å². The second-order valence-electron chi connectivity index (χ2n) is 7.23. The number of carbonyl (C=O) groups is 1. The predicted molar refractivity (Wildman–Crippen MR) is 87.9 cm³/mol. The summed E-state index contributed by atoms with van der Waals surface area (Å²) in [5, 5.41) is 13.5. The van der Waals surface area contributed by atoms with Crippen molar-refractivity contribution in [1.82, 2.24) is 14.7 Å². The van der Waals surface area contributed by atoms with E-state index in [0.29, 0.717) is 32.5 Å². The molecule has 1 spiro atoms. The lowest BCUT2D eigenvalue weighted by Gasteiger charge is -2.37. The third-order valence-electron chi connectivity index (χ3n) is 4.60. The van der Waals surface area contributed by atoms with E-state index in [1.54, 1.807) is 6.20 Å². The lowest BCUT2D eigenvalue weighted by Crippen LogP contribution is -2.46. The van der Waals surface area contributed by atoms with E-state index >= 15 is 0 Å². The molecule has 0 unspecified atom stereocenters. The van der Waals surface area contributed by atoms with E-state index in [0.717, 1.165) is 11.4 Å². The number of nitrogens with zero attached hydrogens (tertiary/aromatic N) is 4. The normalized spacial score (nSPS) is 23.3. The predicted octanol–water partition coefficient (Wildman–Crippen LogP) is 1.91. The fourth-order valence-electron chi connectivity index (χ4n) is 3.18. The first-order valence-corrected chi connectivity index (χ1v) is 8.85. The maximum Gasteiger partial charge on any atom is 0.407 e.